The van der Waals surface area contributed by atoms with Crippen LogP contribution in [0.4, 0.5) is 0 Å². The highest BCUT2D eigenvalue weighted by molar-refractivity contribution is 7.80. The van der Waals surface area contributed by atoms with Gasteiger partial charge in [-0.15, -0.1) is 0 Å². The number of rotatable bonds is 15. The van der Waals surface area contributed by atoms with Crippen LogP contribution in [-0.4, -0.2) is 87.5 Å². The van der Waals surface area contributed by atoms with Crippen LogP contribution in [0.3, 0.4) is 0 Å². The molecule has 5 unspecified atom stereocenters. The van der Waals surface area contributed by atoms with E-state index in [9.17, 15) is 29.1 Å². The molecule has 0 aromatic heterocycles. The second kappa shape index (κ2) is 14.6. The normalized spacial score (nSPS) is 15.6. The Labute approximate surface area is 184 Å². The number of carbonyl (C=O) groups is 5. The minimum absolute atomic E-state index is 0.268. The number of carboxylic acid groups (broad SMARTS) is 2. The fourth-order valence-electron chi connectivity index (χ4n) is 2.41. The molecule has 31 heavy (non-hydrogen) atoms. The van der Waals surface area contributed by atoms with Crippen LogP contribution in [0.5, 0.6) is 0 Å². The van der Waals surface area contributed by atoms with E-state index in [4.69, 9.17) is 21.7 Å². The Morgan fingerprint density at radius 3 is 1.97 bits per heavy atom. The molecule has 0 bridgehead atoms. The first kappa shape index (κ1) is 28.6. The van der Waals surface area contributed by atoms with Crippen molar-refractivity contribution in [2.75, 3.05) is 12.3 Å². The second-order valence-electron chi connectivity index (χ2n) is 6.86. The first-order valence-corrected chi connectivity index (χ1v) is 10.2. The number of aliphatic hydroxyl groups excluding tert-OH is 1. The molecule has 10 N–H and O–H groups in total. The summed E-state index contributed by atoms with van der Waals surface area (Å²) in [4.78, 5) is 58.8. The third-order valence-corrected chi connectivity index (χ3v) is 4.54. The molecule has 0 fully saturated rings. The van der Waals surface area contributed by atoms with Crippen LogP contribution in [0.15, 0.2) is 0 Å². The molecule has 13 nitrogen and oxygen atoms in total. The summed E-state index contributed by atoms with van der Waals surface area (Å²) in [5, 5.41) is 34.2. The highest BCUT2D eigenvalue weighted by Gasteiger charge is 2.32. The molecule has 3 amide bonds. The van der Waals surface area contributed by atoms with Gasteiger partial charge in [-0.3, -0.25) is 19.2 Å². The van der Waals surface area contributed by atoms with Crippen LogP contribution < -0.4 is 27.4 Å². The van der Waals surface area contributed by atoms with Crippen molar-refractivity contribution in [1.82, 2.24) is 16.0 Å². The lowest BCUT2D eigenvalue weighted by Crippen LogP contribution is -2.60. The fraction of sp³-hybridized carbons (Fsp3) is 0.706. The van der Waals surface area contributed by atoms with E-state index < -0.39 is 66.4 Å². The summed E-state index contributed by atoms with van der Waals surface area (Å²) in [5.41, 5.74) is 11.1. The maximum absolute atomic E-state index is 12.5. The van der Waals surface area contributed by atoms with Crippen LogP contribution in [0.25, 0.3) is 0 Å². The van der Waals surface area contributed by atoms with Gasteiger partial charge in [0.05, 0.1) is 18.6 Å². The van der Waals surface area contributed by atoms with Gasteiger partial charge in [-0.25, -0.2) is 4.79 Å². The zero-order valence-corrected chi connectivity index (χ0v) is 18.0. The van der Waals surface area contributed by atoms with E-state index in [0.717, 1.165) is 0 Å². The average molecular weight is 466 g/mol. The Kier molecular flexibility index (Phi) is 13.4. The summed E-state index contributed by atoms with van der Waals surface area (Å²) in [6.07, 6.45) is -0.636. The van der Waals surface area contributed by atoms with Gasteiger partial charge in [-0.1, -0.05) is 6.42 Å². The Bertz CT molecular complexity index is 648. The number of aliphatic hydroxyl groups is 1. The molecule has 0 spiro atoms. The van der Waals surface area contributed by atoms with Crippen molar-refractivity contribution in [3.05, 3.63) is 0 Å². The Hall–Kier alpha value is -2.42. The molecule has 0 aliphatic heterocycles. The lowest BCUT2D eigenvalue weighted by Gasteiger charge is -2.25. The molecule has 0 aromatic carbocycles. The molecule has 0 aliphatic carbocycles. The number of thiol groups is 1. The molecule has 178 valence electrons. The molecule has 14 heteroatoms. The van der Waals surface area contributed by atoms with Crippen LogP contribution in [0, 0.1) is 0 Å². The van der Waals surface area contributed by atoms with Gasteiger partial charge >= 0.3 is 11.9 Å². The molecule has 0 radical (unpaired) electrons. The second-order valence-corrected chi connectivity index (χ2v) is 7.22. The van der Waals surface area contributed by atoms with Gasteiger partial charge in [-0.2, -0.15) is 12.6 Å². The van der Waals surface area contributed by atoms with Crippen LogP contribution in [-0.2, 0) is 24.0 Å². The maximum Gasteiger partial charge on any atom is 0.326 e. The lowest BCUT2D eigenvalue weighted by atomic mass is 10.1. The zero-order valence-electron chi connectivity index (χ0n) is 17.1. The largest absolute Gasteiger partial charge is 0.481 e. The van der Waals surface area contributed by atoms with Crippen molar-refractivity contribution >= 4 is 42.3 Å². The standard InChI is InChI=1S/C17H31N5O8S/c1-8(23)13(22-14(26)9(19)4-2-3-5-18)16(28)21-11(7-31)15(27)20-10(17(29)30)6-12(24)25/h8-11,13,23,31H,2-7,18-19H2,1H3,(H,20,27)(H,21,28)(H,22,26)(H,24,25)(H,29,30). The van der Waals surface area contributed by atoms with Crippen molar-refractivity contribution in [2.45, 2.75) is 62.9 Å². The predicted molar refractivity (Wildman–Crippen MR) is 112 cm³/mol. The number of aliphatic carboxylic acids is 2. The molecule has 0 aliphatic rings. The van der Waals surface area contributed by atoms with Gasteiger partial charge in [0.15, 0.2) is 0 Å². The van der Waals surface area contributed by atoms with Crippen molar-refractivity contribution in [3.8, 4) is 0 Å². The summed E-state index contributed by atoms with van der Waals surface area (Å²) in [6, 6.07) is -5.46. The number of unbranched alkanes of at least 4 members (excludes halogenated alkanes) is 1. The van der Waals surface area contributed by atoms with Gasteiger partial charge in [0.25, 0.3) is 0 Å². The molecule has 0 aromatic rings. The van der Waals surface area contributed by atoms with Crippen molar-refractivity contribution in [1.29, 1.82) is 0 Å². The Balaban J connectivity index is 5.09. The number of hydrogen-bond donors (Lipinski definition) is 9. The third-order valence-electron chi connectivity index (χ3n) is 4.18. The van der Waals surface area contributed by atoms with Crippen molar-refractivity contribution in [3.63, 3.8) is 0 Å². The van der Waals surface area contributed by atoms with E-state index in [0.29, 0.717) is 25.8 Å². The molecule has 0 heterocycles. The van der Waals surface area contributed by atoms with Crippen LogP contribution in [0.1, 0.15) is 32.6 Å². The number of carboxylic acids is 2. The number of nitrogens with two attached hydrogens (primary N) is 2. The smallest absolute Gasteiger partial charge is 0.326 e. The minimum atomic E-state index is -1.72. The van der Waals surface area contributed by atoms with E-state index in [1.807, 2.05) is 5.32 Å². The first-order chi connectivity index (χ1) is 14.4. The number of nitrogens with one attached hydrogen (secondary N) is 3. The maximum atomic E-state index is 12.5. The average Bonchev–Trinajstić information content (AvgIpc) is 2.68. The van der Waals surface area contributed by atoms with E-state index in [2.05, 4.69) is 23.3 Å². The number of hydrogen-bond acceptors (Lipinski definition) is 9. The minimum Gasteiger partial charge on any atom is -0.481 e. The zero-order chi connectivity index (χ0) is 24.1. The summed E-state index contributed by atoms with van der Waals surface area (Å²) < 4.78 is 0. The monoisotopic (exact) mass is 465 g/mol. The van der Waals surface area contributed by atoms with Gasteiger partial charge in [-0.05, 0) is 26.3 Å². The highest BCUT2D eigenvalue weighted by atomic mass is 32.1. The third kappa shape index (κ3) is 11.0. The summed E-state index contributed by atoms with van der Waals surface area (Å²) in [6.45, 7) is 1.68. The topological polar surface area (TPSA) is 234 Å². The van der Waals surface area contributed by atoms with Crippen molar-refractivity contribution in [2.24, 2.45) is 11.5 Å². The predicted octanol–water partition coefficient (Wildman–Crippen LogP) is -3.23. The summed E-state index contributed by atoms with van der Waals surface area (Å²) in [7, 11) is 0. The Morgan fingerprint density at radius 2 is 1.52 bits per heavy atom. The number of carbonyl (C=O) groups excluding carboxylic acids is 3. The summed E-state index contributed by atoms with van der Waals surface area (Å²) in [5.74, 6) is -5.90. The van der Waals surface area contributed by atoms with Crippen molar-refractivity contribution < 1.29 is 39.3 Å². The molecule has 5 atom stereocenters. The molecular formula is C17H31N5O8S. The Morgan fingerprint density at radius 1 is 0.935 bits per heavy atom. The van der Waals surface area contributed by atoms with Gasteiger partial charge in [0, 0.05) is 5.75 Å². The molecule has 0 rings (SSSR count). The molecule has 0 saturated carbocycles. The first-order valence-electron chi connectivity index (χ1n) is 9.54. The van der Waals surface area contributed by atoms with Crippen LogP contribution in [0.2, 0.25) is 0 Å². The number of amides is 3. The van der Waals surface area contributed by atoms with Gasteiger partial charge < -0.3 is 42.7 Å². The van der Waals surface area contributed by atoms with Gasteiger partial charge in [0.2, 0.25) is 17.7 Å². The molecular weight excluding hydrogens is 434 g/mol. The summed E-state index contributed by atoms with van der Waals surface area (Å²) >= 11 is 3.92. The quantitative estimate of drug-likeness (QED) is 0.0865. The van der Waals surface area contributed by atoms with E-state index in [-0.39, 0.29) is 5.75 Å². The van der Waals surface area contributed by atoms with E-state index in [1.54, 1.807) is 0 Å². The lowest BCUT2D eigenvalue weighted by molar-refractivity contribution is -0.147. The van der Waals surface area contributed by atoms with E-state index in [1.165, 1.54) is 6.92 Å². The van der Waals surface area contributed by atoms with Crippen LogP contribution >= 0.6 is 12.6 Å². The highest BCUT2D eigenvalue weighted by Crippen LogP contribution is 2.02. The SMILES string of the molecule is CC(O)C(NC(=O)C(N)CCCCN)C(=O)NC(CS)C(=O)NC(CC(=O)O)C(=O)O. The molecule has 0 saturated heterocycles. The van der Waals surface area contributed by atoms with E-state index >= 15 is 0 Å². The fourth-order valence-corrected chi connectivity index (χ4v) is 2.66. The van der Waals surface area contributed by atoms with Gasteiger partial charge in [0.1, 0.15) is 18.1 Å².